The Morgan fingerprint density at radius 2 is 2.16 bits per heavy atom. The van der Waals surface area contributed by atoms with Gasteiger partial charge in [-0.15, -0.1) is 0 Å². The summed E-state index contributed by atoms with van der Waals surface area (Å²) in [6.07, 6.45) is 2.29. The van der Waals surface area contributed by atoms with Crippen LogP contribution in [0.4, 0.5) is 5.69 Å². The maximum absolute atomic E-state index is 12.4. The van der Waals surface area contributed by atoms with Crippen LogP contribution in [0.3, 0.4) is 0 Å². The highest BCUT2D eigenvalue weighted by atomic mass is 32.2. The van der Waals surface area contributed by atoms with Gasteiger partial charge >= 0.3 is 0 Å². The highest BCUT2D eigenvalue weighted by Crippen LogP contribution is 2.19. The largest absolute Gasteiger partial charge is 0.382 e. The zero-order chi connectivity index (χ0) is 13.7. The van der Waals surface area contributed by atoms with Gasteiger partial charge in [-0.2, -0.15) is 11.8 Å². The first-order chi connectivity index (χ1) is 9.16. The Kier molecular flexibility index (Phi) is 5.14. The number of carbonyl (C=O) groups excluding carboxylic acids is 1. The van der Waals surface area contributed by atoms with Crippen molar-refractivity contribution in [2.24, 2.45) is 0 Å². The standard InChI is InChI=1S/C15H22N2OS/c1-11(2)16-14-8-4-3-7-13(14)15(18)17-12-6-5-9-19-10-12/h3-4,7-8,11-12,16H,5-6,9-10H2,1-2H3,(H,17,18). The van der Waals surface area contributed by atoms with Gasteiger partial charge < -0.3 is 10.6 Å². The van der Waals surface area contributed by atoms with Crippen LogP contribution in [-0.4, -0.2) is 29.5 Å². The van der Waals surface area contributed by atoms with E-state index in [4.69, 9.17) is 0 Å². The molecule has 1 aliphatic heterocycles. The maximum Gasteiger partial charge on any atom is 0.253 e. The molecular formula is C15H22N2OS. The van der Waals surface area contributed by atoms with Gasteiger partial charge in [-0.05, 0) is 44.6 Å². The first kappa shape index (κ1) is 14.3. The van der Waals surface area contributed by atoms with Gasteiger partial charge in [0.1, 0.15) is 0 Å². The molecule has 2 rings (SSSR count). The molecule has 1 atom stereocenters. The SMILES string of the molecule is CC(C)Nc1ccccc1C(=O)NC1CCCSC1. The Morgan fingerprint density at radius 1 is 1.37 bits per heavy atom. The minimum absolute atomic E-state index is 0.0382. The summed E-state index contributed by atoms with van der Waals surface area (Å²) in [5, 5.41) is 6.47. The Hall–Kier alpha value is -1.16. The van der Waals surface area contributed by atoms with Crippen molar-refractivity contribution >= 4 is 23.4 Å². The Bertz CT molecular complexity index is 428. The van der Waals surface area contributed by atoms with Crippen molar-refractivity contribution in [1.82, 2.24) is 5.32 Å². The third-order valence-corrected chi connectivity index (χ3v) is 4.33. The van der Waals surface area contributed by atoms with Gasteiger partial charge in [0, 0.05) is 23.5 Å². The number of carbonyl (C=O) groups is 1. The number of nitrogens with one attached hydrogen (secondary N) is 2. The summed E-state index contributed by atoms with van der Waals surface area (Å²) in [6.45, 7) is 4.15. The fourth-order valence-electron chi connectivity index (χ4n) is 2.24. The van der Waals surface area contributed by atoms with E-state index < -0.39 is 0 Å². The van der Waals surface area contributed by atoms with E-state index >= 15 is 0 Å². The van der Waals surface area contributed by atoms with E-state index in [2.05, 4.69) is 24.5 Å². The lowest BCUT2D eigenvalue weighted by Gasteiger charge is -2.23. The van der Waals surface area contributed by atoms with Crippen molar-refractivity contribution in [3.05, 3.63) is 29.8 Å². The average molecular weight is 278 g/mol. The molecule has 1 aromatic carbocycles. The predicted molar refractivity (Wildman–Crippen MR) is 83.0 cm³/mol. The van der Waals surface area contributed by atoms with Crippen molar-refractivity contribution in [2.75, 3.05) is 16.8 Å². The Morgan fingerprint density at radius 3 is 2.84 bits per heavy atom. The van der Waals surface area contributed by atoms with Gasteiger partial charge in [0.25, 0.3) is 5.91 Å². The molecule has 19 heavy (non-hydrogen) atoms. The zero-order valence-electron chi connectivity index (χ0n) is 11.6. The number of para-hydroxylation sites is 1. The molecule has 2 N–H and O–H groups in total. The lowest BCUT2D eigenvalue weighted by atomic mass is 10.1. The van der Waals surface area contributed by atoms with E-state index in [0.29, 0.717) is 12.1 Å². The molecule has 0 bridgehead atoms. The minimum Gasteiger partial charge on any atom is -0.382 e. The lowest BCUT2D eigenvalue weighted by Crippen LogP contribution is -2.38. The topological polar surface area (TPSA) is 41.1 Å². The first-order valence-corrected chi connectivity index (χ1v) is 8.06. The molecular weight excluding hydrogens is 256 g/mol. The molecule has 1 fully saturated rings. The lowest BCUT2D eigenvalue weighted by molar-refractivity contribution is 0.0939. The second kappa shape index (κ2) is 6.85. The molecule has 1 heterocycles. The molecule has 1 saturated heterocycles. The van der Waals surface area contributed by atoms with Crippen molar-refractivity contribution in [2.45, 2.75) is 38.8 Å². The number of benzene rings is 1. The van der Waals surface area contributed by atoms with Crippen LogP contribution in [0, 0.1) is 0 Å². The molecule has 0 aromatic heterocycles. The van der Waals surface area contributed by atoms with Crippen molar-refractivity contribution in [3.63, 3.8) is 0 Å². The van der Waals surface area contributed by atoms with Crippen molar-refractivity contribution in [3.8, 4) is 0 Å². The summed E-state index contributed by atoms with van der Waals surface area (Å²) in [5.74, 6) is 2.29. The van der Waals surface area contributed by atoms with E-state index in [1.807, 2.05) is 36.0 Å². The number of amides is 1. The normalized spacial score (nSPS) is 19.2. The van der Waals surface area contributed by atoms with Gasteiger partial charge in [-0.1, -0.05) is 12.1 Å². The van der Waals surface area contributed by atoms with Gasteiger partial charge in [-0.3, -0.25) is 4.79 Å². The molecule has 3 nitrogen and oxygen atoms in total. The summed E-state index contributed by atoms with van der Waals surface area (Å²) in [5.41, 5.74) is 1.66. The summed E-state index contributed by atoms with van der Waals surface area (Å²) in [7, 11) is 0. The van der Waals surface area contributed by atoms with E-state index in [9.17, 15) is 4.79 Å². The third-order valence-electron chi connectivity index (χ3n) is 3.11. The molecule has 1 aromatic rings. The number of hydrogen-bond donors (Lipinski definition) is 2. The number of anilines is 1. The third kappa shape index (κ3) is 4.16. The number of rotatable bonds is 4. The highest BCUT2D eigenvalue weighted by molar-refractivity contribution is 7.99. The summed E-state index contributed by atoms with van der Waals surface area (Å²) < 4.78 is 0. The summed E-state index contributed by atoms with van der Waals surface area (Å²) >= 11 is 1.92. The van der Waals surface area contributed by atoms with Crippen LogP contribution in [-0.2, 0) is 0 Å². The highest BCUT2D eigenvalue weighted by Gasteiger charge is 2.18. The van der Waals surface area contributed by atoms with Crippen molar-refractivity contribution < 1.29 is 4.79 Å². The maximum atomic E-state index is 12.4. The second-order valence-electron chi connectivity index (χ2n) is 5.23. The van der Waals surface area contributed by atoms with Crippen molar-refractivity contribution in [1.29, 1.82) is 0 Å². The minimum atomic E-state index is 0.0382. The first-order valence-electron chi connectivity index (χ1n) is 6.91. The monoisotopic (exact) mass is 278 g/mol. The van der Waals surface area contributed by atoms with Crippen LogP contribution >= 0.6 is 11.8 Å². The van der Waals surface area contributed by atoms with E-state index in [1.54, 1.807) is 0 Å². The molecule has 4 heteroatoms. The summed E-state index contributed by atoms with van der Waals surface area (Å²) in [6, 6.07) is 8.35. The van der Waals surface area contributed by atoms with Crippen LogP contribution in [0.15, 0.2) is 24.3 Å². The summed E-state index contributed by atoms with van der Waals surface area (Å²) in [4.78, 5) is 12.4. The fourth-order valence-corrected chi connectivity index (χ4v) is 3.31. The van der Waals surface area contributed by atoms with Gasteiger partial charge in [-0.25, -0.2) is 0 Å². The van der Waals surface area contributed by atoms with Gasteiger partial charge in [0.15, 0.2) is 0 Å². The quantitative estimate of drug-likeness (QED) is 0.889. The second-order valence-corrected chi connectivity index (χ2v) is 6.38. The number of hydrogen-bond acceptors (Lipinski definition) is 3. The van der Waals surface area contributed by atoms with Crippen LogP contribution in [0.5, 0.6) is 0 Å². The zero-order valence-corrected chi connectivity index (χ0v) is 12.4. The van der Waals surface area contributed by atoms with Gasteiger partial charge in [0.05, 0.1) is 5.56 Å². The molecule has 0 radical (unpaired) electrons. The molecule has 0 saturated carbocycles. The molecule has 1 unspecified atom stereocenters. The Labute approximate surface area is 119 Å². The van der Waals surface area contributed by atoms with E-state index in [-0.39, 0.29) is 5.91 Å². The van der Waals surface area contributed by atoms with Crippen LogP contribution in [0.2, 0.25) is 0 Å². The van der Waals surface area contributed by atoms with Gasteiger partial charge in [0.2, 0.25) is 0 Å². The van der Waals surface area contributed by atoms with Crippen LogP contribution in [0.1, 0.15) is 37.0 Å². The van der Waals surface area contributed by atoms with Crippen LogP contribution < -0.4 is 10.6 Å². The average Bonchev–Trinajstić information content (AvgIpc) is 2.39. The molecule has 0 aliphatic carbocycles. The van der Waals surface area contributed by atoms with Crippen LogP contribution in [0.25, 0.3) is 0 Å². The Balaban J connectivity index is 2.05. The molecule has 1 aliphatic rings. The predicted octanol–water partition coefficient (Wildman–Crippen LogP) is 3.13. The smallest absolute Gasteiger partial charge is 0.253 e. The van der Waals surface area contributed by atoms with E-state index in [0.717, 1.165) is 23.4 Å². The fraction of sp³-hybridized carbons (Fsp3) is 0.533. The van der Waals surface area contributed by atoms with E-state index in [1.165, 1.54) is 12.2 Å². The molecule has 1 amide bonds. The molecule has 0 spiro atoms. The number of thioether (sulfide) groups is 1. The molecule has 104 valence electrons.